The minimum Gasteiger partial charge on any atom is -0.355 e. The van der Waals surface area contributed by atoms with Gasteiger partial charge in [0.15, 0.2) is 5.92 Å². The predicted octanol–water partition coefficient (Wildman–Crippen LogP) is 0.00250. The molecule has 1 heterocycles. The smallest absolute Gasteiger partial charge is 0.278 e. The summed E-state index contributed by atoms with van der Waals surface area (Å²) in [5.41, 5.74) is -0.167. The van der Waals surface area contributed by atoms with Crippen LogP contribution in [0, 0.1) is 5.92 Å². The summed E-state index contributed by atoms with van der Waals surface area (Å²) in [6.45, 7) is 4.72. The molecule has 112 valence electrons. The Morgan fingerprint density at radius 1 is 1.30 bits per heavy atom. The van der Waals surface area contributed by atoms with Gasteiger partial charge in [-0.2, -0.15) is 5.10 Å². The largest absolute Gasteiger partial charge is 0.355 e. The van der Waals surface area contributed by atoms with E-state index in [1.165, 1.54) is 0 Å². The maximum atomic E-state index is 12.2. The molecule has 0 aliphatic carbocycles. The monoisotopic (exact) mass is 282 g/mol. The minimum atomic E-state index is -1.19. The number of imide groups is 1. The molecular formula is C13H22N4O3. The van der Waals surface area contributed by atoms with Crippen molar-refractivity contribution in [3.8, 4) is 0 Å². The molecule has 0 aromatic rings. The molecule has 3 N–H and O–H groups in total. The van der Waals surface area contributed by atoms with Crippen molar-refractivity contribution < 1.29 is 14.4 Å². The topological polar surface area (TPSA) is 105 Å². The highest BCUT2D eigenvalue weighted by atomic mass is 16.2. The maximum absolute atomic E-state index is 12.2. The van der Waals surface area contributed by atoms with Gasteiger partial charge in [0.1, 0.15) is 5.71 Å². The van der Waals surface area contributed by atoms with E-state index in [2.05, 4.69) is 10.4 Å². The molecule has 1 aliphatic rings. The number of amides is 3. The van der Waals surface area contributed by atoms with Gasteiger partial charge >= 0.3 is 0 Å². The molecule has 0 radical (unpaired) electrons. The van der Waals surface area contributed by atoms with Crippen LogP contribution in [0.3, 0.4) is 0 Å². The van der Waals surface area contributed by atoms with E-state index < -0.39 is 23.6 Å². The first kappa shape index (κ1) is 16.1. The summed E-state index contributed by atoms with van der Waals surface area (Å²) in [4.78, 5) is 37.3. The normalized spacial score (nSPS) is 20.8. The molecule has 7 heteroatoms. The van der Waals surface area contributed by atoms with Crippen LogP contribution >= 0.6 is 0 Å². The summed E-state index contributed by atoms with van der Waals surface area (Å²) >= 11 is 0. The molecule has 1 rings (SSSR count). The van der Waals surface area contributed by atoms with Gasteiger partial charge in [-0.3, -0.25) is 19.3 Å². The van der Waals surface area contributed by atoms with E-state index in [0.717, 1.165) is 24.2 Å². The lowest BCUT2D eigenvalue weighted by atomic mass is 10.1. The van der Waals surface area contributed by atoms with E-state index in [9.17, 15) is 14.4 Å². The van der Waals surface area contributed by atoms with Crippen molar-refractivity contribution in [2.45, 2.75) is 39.5 Å². The number of hydrazone groups is 1. The molecule has 3 amide bonds. The first-order chi connectivity index (χ1) is 9.58. The fourth-order valence-electron chi connectivity index (χ4n) is 2.02. The highest BCUT2D eigenvalue weighted by Crippen LogP contribution is 2.18. The van der Waals surface area contributed by atoms with E-state index >= 15 is 0 Å². The van der Waals surface area contributed by atoms with Crippen LogP contribution in [0.15, 0.2) is 5.10 Å². The van der Waals surface area contributed by atoms with E-state index in [-0.39, 0.29) is 5.71 Å². The van der Waals surface area contributed by atoms with E-state index in [1.54, 1.807) is 0 Å². The summed E-state index contributed by atoms with van der Waals surface area (Å²) in [6.07, 6.45) is 3.28. The van der Waals surface area contributed by atoms with Gasteiger partial charge in [0.2, 0.25) is 11.8 Å². The number of carbonyl (C=O) groups is 3. The molecule has 1 fully saturated rings. The third-order valence-corrected chi connectivity index (χ3v) is 3.22. The van der Waals surface area contributed by atoms with E-state index in [4.69, 9.17) is 5.84 Å². The van der Waals surface area contributed by atoms with Gasteiger partial charge in [-0.1, -0.05) is 26.7 Å². The summed E-state index contributed by atoms with van der Waals surface area (Å²) < 4.78 is 0. The average Bonchev–Trinajstić information content (AvgIpc) is 2.67. The number of nitrogens with two attached hydrogens (primary N) is 1. The quantitative estimate of drug-likeness (QED) is 0.225. The predicted molar refractivity (Wildman–Crippen MR) is 74.7 cm³/mol. The Morgan fingerprint density at radius 3 is 2.50 bits per heavy atom. The lowest BCUT2D eigenvalue weighted by molar-refractivity contribution is -0.141. The molecule has 1 unspecified atom stereocenters. The Bertz CT molecular complexity index is 420. The molecule has 1 atom stereocenters. The van der Waals surface area contributed by atoms with Crippen LogP contribution < -0.4 is 11.2 Å². The third-order valence-electron chi connectivity index (χ3n) is 3.22. The van der Waals surface area contributed by atoms with Gasteiger partial charge in [-0.25, -0.2) is 0 Å². The zero-order valence-electron chi connectivity index (χ0n) is 12.0. The third kappa shape index (κ3) is 3.34. The number of rotatable bonds is 7. The van der Waals surface area contributed by atoms with Crippen molar-refractivity contribution in [2.24, 2.45) is 16.9 Å². The highest BCUT2D eigenvalue weighted by molar-refractivity contribution is 6.54. The van der Waals surface area contributed by atoms with Crippen molar-refractivity contribution in [3.05, 3.63) is 0 Å². The molecule has 7 nitrogen and oxygen atoms in total. The van der Waals surface area contributed by atoms with Crippen LogP contribution in [-0.2, 0) is 14.4 Å². The Kier molecular flexibility index (Phi) is 6.14. The number of hydrogen-bond donors (Lipinski definition) is 2. The molecule has 1 saturated heterocycles. The number of nitrogens with one attached hydrogen (secondary N) is 1. The van der Waals surface area contributed by atoms with Crippen LogP contribution in [0.25, 0.3) is 0 Å². The van der Waals surface area contributed by atoms with Crippen LogP contribution in [0.2, 0.25) is 0 Å². The maximum Gasteiger partial charge on any atom is 0.278 e. The molecular weight excluding hydrogens is 260 g/mol. The fourth-order valence-corrected chi connectivity index (χ4v) is 2.02. The summed E-state index contributed by atoms with van der Waals surface area (Å²) in [5.74, 6) is 2.39. The molecule has 1 aliphatic heterocycles. The Hall–Kier alpha value is -1.92. The fraction of sp³-hybridized carbons (Fsp3) is 0.692. The molecule has 0 aromatic heterocycles. The number of hydrogen-bond acceptors (Lipinski definition) is 5. The van der Waals surface area contributed by atoms with Gasteiger partial charge in [0.25, 0.3) is 5.91 Å². The summed E-state index contributed by atoms with van der Waals surface area (Å²) in [5, 5.41) is 5.99. The molecule has 0 bridgehead atoms. The van der Waals surface area contributed by atoms with Crippen LogP contribution in [0.4, 0.5) is 0 Å². The lowest BCUT2D eigenvalue weighted by Gasteiger charge is -2.13. The SMILES string of the molecule is CCCCNC(=O)C1C(=O)N(CCCC)C(=O)/C1=N/N. The van der Waals surface area contributed by atoms with Crippen molar-refractivity contribution in [2.75, 3.05) is 13.1 Å². The molecule has 20 heavy (non-hydrogen) atoms. The second kappa shape index (κ2) is 7.62. The van der Waals surface area contributed by atoms with Crippen LogP contribution in [0.1, 0.15) is 39.5 Å². The number of likely N-dealkylation sites (tertiary alicyclic amines) is 1. The molecule has 0 saturated carbocycles. The Labute approximate surface area is 118 Å². The first-order valence-electron chi connectivity index (χ1n) is 6.99. The highest BCUT2D eigenvalue weighted by Gasteiger charge is 2.48. The first-order valence-corrected chi connectivity index (χ1v) is 6.99. The second-order valence-electron chi connectivity index (χ2n) is 4.74. The van der Waals surface area contributed by atoms with Gasteiger partial charge in [0, 0.05) is 13.1 Å². The minimum absolute atomic E-state index is 0.167. The Morgan fingerprint density at radius 2 is 1.95 bits per heavy atom. The Balaban J connectivity index is 2.81. The van der Waals surface area contributed by atoms with Crippen molar-refractivity contribution in [1.82, 2.24) is 10.2 Å². The van der Waals surface area contributed by atoms with Gasteiger partial charge in [0.05, 0.1) is 0 Å². The van der Waals surface area contributed by atoms with Gasteiger partial charge < -0.3 is 11.2 Å². The van der Waals surface area contributed by atoms with Crippen LogP contribution in [0.5, 0.6) is 0 Å². The zero-order valence-corrected chi connectivity index (χ0v) is 12.0. The summed E-state index contributed by atoms with van der Waals surface area (Å²) in [6, 6.07) is 0. The standard InChI is InChI=1S/C13H22N4O3/c1-3-5-7-15-11(18)9-10(16-14)13(20)17(12(9)19)8-6-4-2/h9H,3-8,14H2,1-2H3,(H,15,18)/b16-10+. The lowest BCUT2D eigenvalue weighted by Crippen LogP contribution is -2.39. The van der Waals surface area contributed by atoms with Crippen LogP contribution in [-0.4, -0.2) is 41.4 Å². The number of nitrogens with zero attached hydrogens (tertiary/aromatic N) is 2. The van der Waals surface area contributed by atoms with Gasteiger partial charge in [-0.05, 0) is 12.8 Å². The van der Waals surface area contributed by atoms with Crippen molar-refractivity contribution in [3.63, 3.8) is 0 Å². The molecule has 0 spiro atoms. The number of carbonyl (C=O) groups excluding carboxylic acids is 3. The molecule has 0 aromatic carbocycles. The van der Waals surface area contributed by atoms with Crippen molar-refractivity contribution >= 4 is 23.4 Å². The van der Waals surface area contributed by atoms with Gasteiger partial charge in [-0.15, -0.1) is 0 Å². The summed E-state index contributed by atoms with van der Waals surface area (Å²) in [7, 11) is 0. The van der Waals surface area contributed by atoms with E-state index in [0.29, 0.717) is 19.5 Å². The van der Waals surface area contributed by atoms with Crippen molar-refractivity contribution in [1.29, 1.82) is 0 Å². The zero-order chi connectivity index (χ0) is 15.1. The average molecular weight is 282 g/mol. The number of unbranched alkanes of at least 4 members (excludes halogenated alkanes) is 2. The second-order valence-corrected chi connectivity index (χ2v) is 4.74. The van der Waals surface area contributed by atoms with E-state index in [1.807, 2.05) is 13.8 Å².